The number of nitrogens with zero attached hydrogens (tertiary/aromatic N) is 2. The lowest BCUT2D eigenvalue weighted by molar-refractivity contribution is 0.194. The average Bonchev–Trinajstić information content (AvgIpc) is 2.65. The number of carbonyl (C=O) groups is 1. The van der Waals surface area contributed by atoms with Crippen molar-refractivity contribution in [3.05, 3.63) is 72.2 Å². The Morgan fingerprint density at radius 1 is 1.00 bits per heavy atom. The molecule has 8 heteroatoms. The molecule has 0 spiro atoms. The maximum absolute atomic E-state index is 13.9. The van der Waals surface area contributed by atoms with Gasteiger partial charge in [0.05, 0.1) is 6.20 Å². The van der Waals surface area contributed by atoms with Gasteiger partial charge in [0.25, 0.3) is 0 Å². The SMILES string of the molecule is O=C(O)NCc1ccc(Nc2ncc(F)c(Nc3ccccc3)n2)cc1. The van der Waals surface area contributed by atoms with Gasteiger partial charge in [-0.15, -0.1) is 0 Å². The molecule has 1 heterocycles. The topological polar surface area (TPSA) is 99.2 Å². The summed E-state index contributed by atoms with van der Waals surface area (Å²) in [5.74, 6) is -0.258. The summed E-state index contributed by atoms with van der Waals surface area (Å²) >= 11 is 0. The normalized spacial score (nSPS) is 10.2. The third kappa shape index (κ3) is 4.67. The molecule has 0 radical (unpaired) electrons. The highest BCUT2D eigenvalue weighted by molar-refractivity contribution is 5.64. The molecule has 3 aromatic rings. The van der Waals surface area contributed by atoms with E-state index >= 15 is 0 Å². The fourth-order valence-corrected chi connectivity index (χ4v) is 2.19. The van der Waals surface area contributed by atoms with E-state index in [9.17, 15) is 9.18 Å². The first kappa shape index (κ1) is 17.2. The van der Waals surface area contributed by atoms with Gasteiger partial charge in [-0.3, -0.25) is 0 Å². The molecule has 0 unspecified atom stereocenters. The number of halogens is 1. The van der Waals surface area contributed by atoms with E-state index < -0.39 is 11.9 Å². The minimum absolute atomic E-state index is 0.0657. The first-order valence-electron chi connectivity index (χ1n) is 7.77. The van der Waals surface area contributed by atoms with Crippen molar-refractivity contribution in [2.45, 2.75) is 6.54 Å². The fourth-order valence-electron chi connectivity index (χ4n) is 2.19. The maximum atomic E-state index is 13.9. The van der Waals surface area contributed by atoms with Crippen LogP contribution < -0.4 is 16.0 Å². The monoisotopic (exact) mass is 353 g/mol. The van der Waals surface area contributed by atoms with E-state index in [0.717, 1.165) is 11.8 Å². The molecule has 0 saturated heterocycles. The van der Waals surface area contributed by atoms with Crippen molar-refractivity contribution in [2.24, 2.45) is 0 Å². The number of nitrogens with one attached hydrogen (secondary N) is 3. The van der Waals surface area contributed by atoms with Crippen LogP contribution in [0, 0.1) is 5.82 Å². The molecule has 0 bridgehead atoms. The lowest BCUT2D eigenvalue weighted by Gasteiger charge is -2.10. The highest BCUT2D eigenvalue weighted by atomic mass is 19.1. The molecule has 3 rings (SSSR count). The Labute approximate surface area is 148 Å². The lowest BCUT2D eigenvalue weighted by Crippen LogP contribution is -2.19. The zero-order valence-corrected chi connectivity index (χ0v) is 13.6. The highest BCUT2D eigenvalue weighted by Crippen LogP contribution is 2.20. The van der Waals surface area contributed by atoms with Crippen LogP contribution in [0.3, 0.4) is 0 Å². The standard InChI is InChI=1S/C18H16FN5O2/c19-15-11-20-17(24-16(15)22-13-4-2-1-3-5-13)23-14-8-6-12(7-9-14)10-21-18(25)26/h1-9,11,21H,10H2,(H,25,26)(H2,20,22,23,24). The summed E-state index contributed by atoms with van der Waals surface area (Å²) in [4.78, 5) is 18.6. The second-order valence-corrected chi connectivity index (χ2v) is 5.36. The number of amides is 1. The van der Waals surface area contributed by atoms with Crippen LogP contribution in [0.4, 0.5) is 32.3 Å². The van der Waals surface area contributed by atoms with Crippen LogP contribution in [-0.2, 0) is 6.54 Å². The Hall–Kier alpha value is -3.68. The number of anilines is 4. The Bertz CT molecular complexity index is 888. The van der Waals surface area contributed by atoms with Crippen molar-refractivity contribution in [3.63, 3.8) is 0 Å². The number of aromatic nitrogens is 2. The minimum atomic E-state index is -1.08. The molecule has 0 aliphatic heterocycles. The Kier molecular flexibility index (Phi) is 5.23. The Morgan fingerprint density at radius 3 is 2.38 bits per heavy atom. The van der Waals surface area contributed by atoms with Crippen molar-refractivity contribution < 1.29 is 14.3 Å². The molecule has 0 aliphatic rings. The smallest absolute Gasteiger partial charge is 0.404 e. The van der Waals surface area contributed by atoms with Gasteiger partial charge in [0.15, 0.2) is 11.6 Å². The van der Waals surface area contributed by atoms with E-state index in [2.05, 4.69) is 25.9 Å². The first-order valence-corrected chi connectivity index (χ1v) is 7.77. The molecule has 2 aromatic carbocycles. The number of benzene rings is 2. The summed E-state index contributed by atoms with van der Waals surface area (Å²) in [5.41, 5.74) is 2.22. The van der Waals surface area contributed by atoms with Crippen LogP contribution in [0.5, 0.6) is 0 Å². The van der Waals surface area contributed by atoms with E-state index in [1.54, 1.807) is 36.4 Å². The van der Waals surface area contributed by atoms with Gasteiger partial charge in [-0.1, -0.05) is 30.3 Å². The molecular formula is C18H16FN5O2. The van der Waals surface area contributed by atoms with Crippen molar-refractivity contribution in [1.82, 2.24) is 15.3 Å². The van der Waals surface area contributed by atoms with Crippen molar-refractivity contribution in [1.29, 1.82) is 0 Å². The van der Waals surface area contributed by atoms with Gasteiger partial charge in [0.1, 0.15) is 0 Å². The van der Waals surface area contributed by atoms with Gasteiger partial charge in [0, 0.05) is 17.9 Å². The van der Waals surface area contributed by atoms with E-state index in [1.165, 1.54) is 0 Å². The van der Waals surface area contributed by atoms with E-state index in [0.29, 0.717) is 11.4 Å². The Morgan fingerprint density at radius 2 is 1.69 bits per heavy atom. The summed E-state index contributed by atoms with van der Waals surface area (Å²) in [7, 11) is 0. The third-order valence-corrected chi connectivity index (χ3v) is 3.43. The summed E-state index contributed by atoms with van der Waals surface area (Å²) in [6.45, 7) is 0.216. The molecule has 1 aromatic heterocycles. The number of hydrogen-bond acceptors (Lipinski definition) is 5. The Balaban J connectivity index is 1.70. The molecule has 0 atom stereocenters. The van der Waals surface area contributed by atoms with Gasteiger partial charge in [0.2, 0.25) is 5.95 Å². The van der Waals surface area contributed by atoms with Crippen LogP contribution >= 0.6 is 0 Å². The molecule has 132 valence electrons. The van der Waals surface area contributed by atoms with Gasteiger partial charge in [-0.2, -0.15) is 4.98 Å². The van der Waals surface area contributed by atoms with Crippen LogP contribution in [0.1, 0.15) is 5.56 Å². The van der Waals surface area contributed by atoms with Gasteiger partial charge >= 0.3 is 6.09 Å². The molecule has 0 fully saturated rings. The fraction of sp³-hybridized carbons (Fsp3) is 0.0556. The average molecular weight is 353 g/mol. The van der Waals surface area contributed by atoms with Crippen molar-refractivity contribution >= 4 is 29.2 Å². The van der Waals surface area contributed by atoms with Crippen LogP contribution in [0.2, 0.25) is 0 Å². The first-order chi connectivity index (χ1) is 12.6. The maximum Gasteiger partial charge on any atom is 0.404 e. The van der Waals surface area contributed by atoms with Crippen LogP contribution in [0.25, 0.3) is 0 Å². The van der Waals surface area contributed by atoms with Crippen LogP contribution in [-0.4, -0.2) is 21.2 Å². The van der Waals surface area contributed by atoms with Crippen molar-refractivity contribution in [3.8, 4) is 0 Å². The molecule has 0 aliphatic carbocycles. The van der Waals surface area contributed by atoms with Gasteiger partial charge in [-0.05, 0) is 29.8 Å². The zero-order chi connectivity index (χ0) is 18.4. The summed E-state index contributed by atoms with van der Waals surface area (Å²) in [6, 6.07) is 16.2. The minimum Gasteiger partial charge on any atom is -0.465 e. The lowest BCUT2D eigenvalue weighted by atomic mass is 10.2. The molecule has 4 N–H and O–H groups in total. The number of hydrogen-bond donors (Lipinski definition) is 4. The number of para-hydroxylation sites is 1. The predicted molar refractivity (Wildman–Crippen MR) is 96.3 cm³/mol. The molecular weight excluding hydrogens is 337 g/mol. The summed E-state index contributed by atoms with van der Waals surface area (Å²) in [6.07, 6.45) is 0.0107. The highest BCUT2D eigenvalue weighted by Gasteiger charge is 2.08. The molecule has 0 saturated carbocycles. The molecule has 1 amide bonds. The van der Waals surface area contributed by atoms with Gasteiger partial charge in [-0.25, -0.2) is 14.2 Å². The molecule has 26 heavy (non-hydrogen) atoms. The number of rotatable bonds is 6. The largest absolute Gasteiger partial charge is 0.465 e. The van der Waals surface area contributed by atoms with E-state index in [1.807, 2.05) is 18.2 Å². The number of carboxylic acid groups (broad SMARTS) is 1. The zero-order valence-electron chi connectivity index (χ0n) is 13.6. The third-order valence-electron chi connectivity index (χ3n) is 3.43. The van der Waals surface area contributed by atoms with E-state index in [-0.39, 0.29) is 18.3 Å². The summed E-state index contributed by atoms with van der Waals surface area (Å²) < 4.78 is 13.9. The van der Waals surface area contributed by atoms with Gasteiger partial charge < -0.3 is 21.1 Å². The second-order valence-electron chi connectivity index (χ2n) is 5.36. The molecule has 7 nitrogen and oxygen atoms in total. The summed E-state index contributed by atoms with van der Waals surface area (Å²) in [5, 5.41) is 16.8. The quantitative estimate of drug-likeness (QED) is 0.537. The second kappa shape index (κ2) is 7.93. The van der Waals surface area contributed by atoms with E-state index in [4.69, 9.17) is 5.11 Å². The van der Waals surface area contributed by atoms with Crippen LogP contribution in [0.15, 0.2) is 60.8 Å². The van der Waals surface area contributed by atoms with Crippen molar-refractivity contribution in [2.75, 3.05) is 10.6 Å². The predicted octanol–water partition coefficient (Wildman–Crippen LogP) is 3.87.